The van der Waals surface area contributed by atoms with Crippen LogP contribution < -0.4 is 3.58 Å². The van der Waals surface area contributed by atoms with Crippen LogP contribution >= 0.6 is 15.9 Å². The summed E-state index contributed by atoms with van der Waals surface area (Å²) in [6.07, 6.45) is 5.62. The van der Waals surface area contributed by atoms with Crippen molar-refractivity contribution in [1.82, 2.24) is 9.55 Å². The molecule has 0 atom stereocenters. The Morgan fingerprint density at radius 2 is 1.94 bits per heavy atom. The van der Waals surface area contributed by atoms with E-state index >= 15 is 0 Å². The van der Waals surface area contributed by atoms with Crippen LogP contribution in [0.4, 0.5) is 0 Å². The van der Waals surface area contributed by atoms with Crippen LogP contribution in [0.1, 0.15) is 0 Å². The Morgan fingerprint density at radius 3 is 2.50 bits per heavy atom. The van der Waals surface area contributed by atoms with Gasteiger partial charge in [0.25, 0.3) is 0 Å². The first-order valence-electron chi connectivity index (χ1n) is 5.26. The van der Waals surface area contributed by atoms with Gasteiger partial charge in [0.05, 0.1) is 0 Å². The maximum atomic E-state index is 4.08. The minimum absolute atomic E-state index is 1.15. The monoisotopic (exact) mass is 386 g/mol. The molecule has 0 radical (unpaired) electrons. The van der Waals surface area contributed by atoms with Gasteiger partial charge < -0.3 is 0 Å². The molecule has 0 N–H and O–H groups in total. The molecule has 0 amide bonds. The van der Waals surface area contributed by atoms with Crippen LogP contribution in [0.15, 0.2) is 41.4 Å². The fraction of sp³-hybridized carbons (Fsp3) is 0.250. The molecule has 0 fully saturated rings. The summed E-state index contributed by atoms with van der Waals surface area (Å²) in [6.45, 7) is 0. The number of halogens is 1. The van der Waals surface area contributed by atoms with Crippen molar-refractivity contribution >= 4 is 37.9 Å². The van der Waals surface area contributed by atoms with E-state index in [0.29, 0.717) is 0 Å². The number of benzene rings is 1. The fourth-order valence-corrected chi connectivity index (χ4v) is 5.99. The molecule has 0 saturated heterocycles. The van der Waals surface area contributed by atoms with Gasteiger partial charge in [-0.05, 0) is 0 Å². The average Bonchev–Trinajstić information content (AvgIpc) is 2.68. The number of hydrogen-bond acceptors (Lipinski definition) is 1. The normalized spacial score (nSPS) is 11.8. The Bertz CT molecular complexity index is 486. The van der Waals surface area contributed by atoms with Gasteiger partial charge in [0.1, 0.15) is 0 Å². The van der Waals surface area contributed by atoms with Crippen LogP contribution in [-0.4, -0.2) is 27.9 Å². The molecule has 1 aromatic heterocycles. The van der Waals surface area contributed by atoms with Crippen LogP contribution in [0.5, 0.6) is 0 Å². The SMILES string of the molecule is [CH3][Sn]([CH3])([CH3])[c]1cc(Br)cc(-n2ccnc2)c1. The van der Waals surface area contributed by atoms with E-state index in [9.17, 15) is 0 Å². The first-order valence-corrected chi connectivity index (χ1v) is 16.0. The van der Waals surface area contributed by atoms with Gasteiger partial charge in [-0.1, -0.05) is 0 Å². The predicted molar refractivity (Wildman–Crippen MR) is 74.2 cm³/mol. The minimum atomic E-state index is -2.00. The molecule has 1 aromatic carbocycles. The van der Waals surface area contributed by atoms with E-state index < -0.39 is 18.4 Å². The molecule has 0 aliphatic heterocycles. The summed E-state index contributed by atoms with van der Waals surface area (Å²) in [5.41, 5.74) is 1.19. The molecule has 84 valence electrons. The van der Waals surface area contributed by atoms with Gasteiger partial charge in [0.2, 0.25) is 0 Å². The third kappa shape index (κ3) is 2.69. The Labute approximate surface area is 109 Å². The van der Waals surface area contributed by atoms with Crippen molar-refractivity contribution < 1.29 is 0 Å². The summed E-state index contributed by atoms with van der Waals surface area (Å²) in [5, 5.41) is 0. The summed E-state index contributed by atoms with van der Waals surface area (Å²) < 4.78 is 4.72. The number of aromatic nitrogens is 2. The van der Waals surface area contributed by atoms with Gasteiger partial charge >= 0.3 is 109 Å². The summed E-state index contributed by atoms with van der Waals surface area (Å²) in [7, 11) is 0. The molecule has 0 bridgehead atoms. The quantitative estimate of drug-likeness (QED) is 0.726. The molecule has 0 aliphatic rings. The topological polar surface area (TPSA) is 17.8 Å². The Hall–Kier alpha value is -0.291. The average molecular weight is 386 g/mol. The van der Waals surface area contributed by atoms with E-state index in [1.54, 1.807) is 6.20 Å². The van der Waals surface area contributed by atoms with Crippen molar-refractivity contribution in [2.75, 3.05) is 0 Å². The summed E-state index contributed by atoms with van der Waals surface area (Å²) in [5.74, 6) is 0. The standard InChI is InChI=1S/C9H6BrN2.3CH3.Sn/c10-8-2-1-3-9(6-8)12-5-4-11-7-12;;;;/h2-7H;3*1H3;. The van der Waals surface area contributed by atoms with Crippen molar-refractivity contribution in [2.45, 2.75) is 14.8 Å². The zero-order chi connectivity index (χ0) is 11.8. The summed E-state index contributed by atoms with van der Waals surface area (Å²) in [6, 6.07) is 6.68. The molecular weight excluding hydrogens is 371 g/mol. The summed E-state index contributed by atoms with van der Waals surface area (Å²) >= 11 is 1.59. The van der Waals surface area contributed by atoms with Crippen molar-refractivity contribution in [3.05, 3.63) is 41.4 Å². The molecule has 16 heavy (non-hydrogen) atoms. The van der Waals surface area contributed by atoms with Crippen LogP contribution in [0.3, 0.4) is 0 Å². The van der Waals surface area contributed by atoms with Crippen molar-refractivity contribution in [3.63, 3.8) is 0 Å². The molecular formula is C12H15BrN2Sn. The molecule has 2 rings (SSSR count). The Balaban J connectivity index is 2.53. The van der Waals surface area contributed by atoms with Crippen molar-refractivity contribution in [1.29, 1.82) is 0 Å². The Kier molecular flexibility index (Phi) is 3.44. The molecule has 1 heterocycles. The fourth-order valence-electron chi connectivity index (χ4n) is 1.57. The van der Waals surface area contributed by atoms with Gasteiger partial charge in [-0.25, -0.2) is 0 Å². The third-order valence-corrected chi connectivity index (χ3v) is 8.78. The van der Waals surface area contributed by atoms with E-state index in [0.717, 1.165) is 4.47 Å². The van der Waals surface area contributed by atoms with Crippen LogP contribution in [0, 0.1) is 0 Å². The number of rotatable bonds is 2. The van der Waals surface area contributed by atoms with Gasteiger partial charge in [-0.3, -0.25) is 0 Å². The molecule has 4 heteroatoms. The van der Waals surface area contributed by atoms with Crippen LogP contribution in [-0.2, 0) is 0 Å². The zero-order valence-electron chi connectivity index (χ0n) is 9.74. The summed E-state index contributed by atoms with van der Waals surface area (Å²) in [4.78, 5) is 11.4. The second kappa shape index (κ2) is 4.53. The van der Waals surface area contributed by atoms with Gasteiger partial charge in [-0.15, -0.1) is 0 Å². The molecule has 2 aromatic rings. The van der Waals surface area contributed by atoms with E-state index in [2.05, 4.69) is 53.9 Å². The number of imidazole rings is 1. The molecule has 0 aliphatic carbocycles. The van der Waals surface area contributed by atoms with E-state index in [1.165, 1.54) is 9.27 Å². The molecule has 0 spiro atoms. The van der Waals surface area contributed by atoms with Crippen molar-refractivity contribution in [3.8, 4) is 5.69 Å². The molecule has 0 unspecified atom stereocenters. The van der Waals surface area contributed by atoms with Gasteiger partial charge in [0, 0.05) is 0 Å². The van der Waals surface area contributed by atoms with Crippen molar-refractivity contribution in [2.24, 2.45) is 0 Å². The van der Waals surface area contributed by atoms with Gasteiger partial charge in [0.15, 0.2) is 0 Å². The molecule has 0 saturated carbocycles. The van der Waals surface area contributed by atoms with E-state index in [-0.39, 0.29) is 0 Å². The molecule has 2 nitrogen and oxygen atoms in total. The van der Waals surface area contributed by atoms with Gasteiger partial charge in [-0.2, -0.15) is 0 Å². The van der Waals surface area contributed by atoms with E-state index in [4.69, 9.17) is 0 Å². The maximum absolute atomic E-state index is 4.08. The van der Waals surface area contributed by atoms with Crippen LogP contribution in [0.2, 0.25) is 14.8 Å². The second-order valence-corrected chi connectivity index (χ2v) is 20.3. The number of nitrogens with zero attached hydrogens (tertiary/aromatic N) is 2. The third-order valence-electron chi connectivity index (χ3n) is 2.55. The Morgan fingerprint density at radius 1 is 1.19 bits per heavy atom. The first-order chi connectivity index (χ1) is 7.47. The first kappa shape index (κ1) is 12.2. The zero-order valence-corrected chi connectivity index (χ0v) is 14.2. The predicted octanol–water partition coefficient (Wildman–Crippen LogP) is 3.18. The van der Waals surface area contributed by atoms with Crippen LogP contribution in [0.25, 0.3) is 5.69 Å². The van der Waals surface area contributed by atoms with E-state index in [1.807, 2.05) is 17.1 Å². The second-order valence-electron chi connectivity index (χ2n) is 4.92. The number of hydrogen-bond donors (Lipinski definition) is 0.